The van der Waals surface area contributed by atoms with Crippen LogP contribution in [0.25, 0.3) is 0 Å². The van der Waals surface area contributed by atoms with Crippen LogP contribution in [0.5, 0.6) is 5.75 Å². The second-order valence-corrected chi connectivity index (χ2v) is 7.44. The van der Waals surface area contributed by atoms with E-state index in [2.05, 4.69) is 21.4 Å². The quantitative estimate of drug-likeness (QED) is 0.616. The van der Waals surface area contributed by atoms with Crippen LogP contribution in [0, 0.1) is 18.3 Å². The van der Waals surface area contributed by atoms with Crippen LogP contribution in [0.3, 0.4) is 0 Å². The molecule has 150 valence electrons. The second kappa shape index (κ2) is 8.75. The first-order valence-corrected chi connectivity index (χ1v) is 10.0. The molecule has 1 aliphatic rings. The fraction of sp³-hybridized carbons (Fsp3) is 0.250. The molecule has 2 aromatic carbocycles. The fourth-order valence-electron chi connectivity index (χ4n) is 3.41. The lowest BCUT2D eigenvalue weighted by molar-refractivity contribution is 0.0981. The van der Waals surface area contributed by atoms with Gasteiger partial charge in [0.25, 0.3) is 0 Å². The van der Waals surface area contributed by atoms with E-state index in [1.54, 1.807) is 18.3 Å². The third kappa shape index (κ3) is 4.64. The number of ether oxygens (including phenoxy) is 1. The lowest BCUT2D eigenvalue weighted by Crippen LogP contribution is -2.07. The normalized spacial score (nSPS) is 13.1. The molecule has 0 spiro atoms. The minimum Gasteiger partial charge on any atom is -0.489 e. The van der Waals surface area contributed by atoms with Crippen molar-refractivity contribution in [2.24, 2.45) is 0 Å². The summed E-state index contributed by atoms with van der Waals surface area (Å²) in [5.74, 6) is 1.09. The van der Waals surface area contributed by atoms with Crippen molar-refractivity contribution in [3.8, 4) is 11.8 Å². The van der Waals surface area contributed by atoms with Gasteiger partial charge in [0.05, 0.1) is 22.9 Å². The van der Waals surface area contributed by atoms with E-state index < -0.39 is 0 Å². The van der Waals surface area contributed by atoms with Crippen LogP contribution in [0.1, 0.15) is 52.0 Å². The molecule has 1 aromatic heterocycles. The number of carbonyl (C=O) groups is 1. The van der Waals surface area contributed by atoms with E-state index >= 15 is 0 Å². The number of anilines is 2. The number of aromatic nitrogens is 2. The summed E-state index contributed by atoms with van der Waals surface area (Å²) in [5.41, 5.74) is 4.78. The average Bonchev–Trinajstić information content (AvgIpc) is 2.94. The SMILES string of the molecule is Cc1ccc(COc2cc(C#N)cc(Nc3ncc4c(n3)CCCCC4=O)c2)cc1. The van der Waals surface area contributed by atoms with Gasteiger partial charge in [0.2, 0.25) is 5.95 Å². The van der Waals surface area contributed by atoms with E-state index in [9.17, 15) is 10.1 Å². The molecule has 0 saturated heterocycles. The van der Waals surface area contributed by atoms with Gasteiger partial charge in [0, 0.05) is 24.4 Å². The number of rotatable bonds is 5. The Morgan fingerprint density at radius 3 is 2.73 bits per heavy atom. The lowest BCUT2D eigenvalue weighted by atomic mass is 10.1. The highest BCUT2D eigenvalue weighted by molar-refractivity contribution is 5.97. The van der Waals surface area contributed by atoms with Crippen LogP contribution in [0.2, 0.25) is 0 Å². The Balaban J connectivity index is 1.53. The van der Waals surface area contributed by atoms with Gasteiger partial charge in [0.15, 0.2) is 5.78 Å². The number of aryl methyl sites for hydroxylation is 2. The first-order valence-electron chi connectivity index (χ1n) is 10.0. The molecule has 0 aliphatic heterocycles. The van der Waals surface area contributed by atoms with Gasteiger partial charge in [-0.15, -0.1) is 0 Å². The molecule has 0 amide bonds. The molecule has 0 unspecified atom stereocenters. The number of Topliss-reactive ketones (excluding diaryl/α,β-unsaturated/α-hetero) is 1. The maximum absolute atomic E-state index is 12.2. The molecule has 4 rings (SSSR count). The molecule has 0 atom stereocenters. The molecule has 1 heterocycles. The molecule has 0 fully saturated rings. The van der Waals surface area contributed by atoms with Gasteiger partial charge >= 0.3 is 0 Å². The summed E-state index contributed by atoms with van der Waals surface area (Å²) >= 11 is 0. The Kier molecular flexibility index (Phi) is 5.71. The number of ketones is 1. The van der Waals surface area contributed by atoms with Crippen molar-refractivity contribution in [2.75, 3.05) is 5.32 Å². The number of carbonyl (C=O) groups excluding carboxylic acids is 1. The summed E-state index contributed by atoms with van der Waals surface area (Å²) in [6.07, 6.45) is 4.73. The molecule has 1 N–H and O–H groups in total. The summed E-state index contributed by atoms with van der Waals surface area (Å²) in [7, 11) is 0. The molecule has 1 aliphatic carbocycles. The van der Waals surface area contributed by atoms with E-state index in [4.69, 9.17) is 4.74 Å². The van der Waals surface area contributed by atoms with Crippen molar-refractivity contribution in [1.82, 2.24) is 9.97 Å². The zero-order valence-corrected chi connectivity index (χ0v) is 16.8. The van der Waals surface area contributed by atoms with Gasteiger partial charge in [0.1, 0.15) is 12.4 Å². The largest absolute Gasteiger partial charge is 0.489 e. The highest BCUT2D eigenvalue weighted by Gasteiger charge is 2.18. The molecule has 0 radical (unpaired) electrons. The van der Waals surface area contributed by atoms with Crippen LogP contribution in [0.15, 0.2) is 48.7 Å². The number of nitrogens with one attached hydrogen (secondary N) is 1. The molecule has 0 saturated carbocycles. The summed E-state index contributed by atoms with van der Waals surface area (Å²) < 4.78 is 5.90. The van der Waals surface area contributed by atoms with Gasteiger partial charge in [-0.3, -0.25) is 4.79 Å². The Morgan fingerprint density at radius 1 is 1.13 bits per heavy atom. The molecular formula is C24H22N4O2. The zero-order valence-electron chi connectivity index (χ0n) is 16.8. The Hall–Kier alpha value is -3.72. The molecular weight excluding hydrogens is 376 g/mol. The molecule has 3 aromatic rings. The summed E-state index contributed by atoms with van der Waals surface area (Å²) in [6, 6.07) is 15.5. The highest BCUT2D eigenvalue weighted by Crippen LogP contribution is 2.25. The highest BCUT2D eigenvalue weighted by atomic mass is 16.5. The van der Waals surface area contributed by atoms with E-state index in [0.29, 0.717) is 41.5 Å². The average molecular weight is 398 g/mol. The predicted octanol–water partition coefficient (Wildman–Crippen LogP) is 4.89. The number of hydrogen-bond donors (Lipinski definition) is 1. The van der Waals surface area contributed by atoms with Crippen LogP contribution < -0.4 is 10.1 Å². The van der Waals surface area contributed by atoms with Crippen LogP contribution in [-0.2, 0) is 13.0 Å². The van der Waals surface area contributed by atoms with Crippen LogP contribution >= 0.6 is 0 Å². The number of nitrogens with zero attached hydrogens (tertiary/aromatic N) is 3. The third-order valence-electron chi connectivity index (χ3n) is 5.05. The van der Waals surface area contributed by atoms with Crippen molar-refractivity contribution in [3.05, 3.63) is 76.6 Å². The van der Waals surface area contributed by atoms with Gasteiger partial charge in [-0.25, -0.2) is 9.97 Å². The third-order valence-corrected chi connectivity index (χ3v) is 5.05. The predicted molar refractivity (Wildman–Crippen MR) is 114 cm³/mol. The summed E-state index contributed by atoms with van der Waals surface area (Å²) in [6.45, 7) is 2.45. The number of fused-ring (bicyclic) bond motifs is 1. The first kappa shape index (κ1) is 19.6. The Labute approximate surface area is 175 Å². The van der Waals surface area contributed by atoms with E-state index in [1.807, 2.05) is 37.3 Å². The van der Waals surface area contributed by atoms with E-state index in [0.717, 1.165) is 30.5 Å². The van der Waals surface area contributed by atoms with Crippen LogP contribution in [0.4, 0.5) is 11.6 Å². The molecule has 0 bridgehead atoms. The summed E-state index contributed by atoms with van der Waals surface area (Å²) in [5, 5.41) is 12.5. The first-order chi connectivity index (χ1) is 14.6. The monoisotopic (exact) mass is 398 g/mol. The fourth-order valence-corrected chi connectivity index (χ4v) is 3.41. The van der Waals surface area contributed by atoms with Crippen molar-refractivity contribution in [3.63, 3.8) is 0 Å². The maximum Gasteiger partial charge on any atom is 0.227 e. The minimum atomic E-state index is 0.104. The van der Waals surface area contributed by atoms with Gasteiger partial charge < -0.3 is 10.1 Å². The van der Waals surface area contributed by atoms with Gasteiger partial charge in [-0.05, 0) is 43.9 Å². The van der Waals surface area contributed by atoms with Crippen molar-refractivity contribution in [2.45, 2.75) is 39.2 Å². The smallest absolute Gasteiger partial charge is 0.227 e. The molecule has 6 nitrogen and oxygen atoms in total. The second-order valence-electron chi connectivity index (χ2n) is 7.44. The number of nitriles is 1. The number of hydrogen-bond acceptors (Lipinski definition) is 6. The Morgan fingerprint density at radius 2 is 1.93 bits per heavy atom. The van der Waals surface area contributed by atoms with Crippen molar-refractivity contribution in [1.29, 1.82) is 5.26 Å². The lowest BCUT2D eigenvalue weighted by Gasteiger charge is -2.11. The minimum absolute atomic E-state index is 0.104. The molecule has 30 heavy (non-hydrogen) atoms. The zero-order chi connectivity index (χ0) is 20.9. The Bertz CT molecular complexity index is 1120. The van der Waals surface area contributed by atoms with Gasteiger partial charge in [-0.1, -0.05) is 29.8 Å². The van der Waals surface area contributed by atoms with E-state index in [1.165, 1.54) is 5.56 Å². The summed E-state index contributed by atoms with van der Waals surface area (Å²) in [4.78, 5) is 21.0. The van der Waals surface area contributed by atoms with E-state index in [-0.39, 0.29) is 5.78 Å². The molecule has 6 heteroatoms. The number of benzene rings is 2. The van der Waals surface area contributed by atoms with Gasteiger partial charge in [-0.2, -0.15) is 5.26 Å². The van der Waals surface area contributed by atoms with Crippen molar-refractivity contribution < 1.29 is 9.53 Å². The maximum atomic E-state index is 12.2. The topological polar surface area (TPSA) is 87.9 Å². The standard InChI is InChI=1S/C24H22N4O2/c1-16-6-8-17(9-7-16)15-30-20-11-18(13-25)10-19(12-20)27-24-26-14-21-22(28-24)4-2-3-5-23(21)29/h6-12,14H,2-5,15H2,1H3,(H,26,27,28). The van der Waals surface area contributed by atoms with Crippen molar-refractivity contribution >= 4 is 17.4 Å². The van der Waals surface area contributed by atoms with Crippen LogP contribution in [-0.4, -0.2) is 15.8 Å².